The number of esters is 3. The summed E-state index contributed by atoms with van der Waals surface area (Å²) >= 11 is 0. The zero-order chi connectivity index (χ0) is 52.0. The van der Waals surface area contributed by atoms with Crippen LogP contribution < -0.4 is 10.6 Å². The van der Waals surface area contributed by atoms with Crippen LogP contribution in [0.3, 0.4) is 0 Å². The summed E-state index contributed by atoms with van der Waals surface area (Å²) < 4.78 is 71.7. The summed E-state index contributed by atoms with van der Waals surface area (Å²) in [6.07, 6.45) is 10.8. The summed E-state index contributed by atoms with van der Waals surface area (Å²) in [6, 6.07) is 2.68. The number of unbranched alkanes of at least 4 members (excludes halogenated alkanes) is 4. The Bertz CT molecular complexity index is 1510. The van der Waals surface area contributed by atoms with E-state index in [0.29, 0.717) is 76.7 Å². The van der Waals surface area contributed by atoms with Crippen molar-refractivity contribution in [2.75, 3.05) is 85.8 Å². The molecule has 1 aliphatic heterocycles. The lowest BCUT2D eigenvalue weighted by Crippen LogP contribution is -2.67. The molecule has 0 bridgehead atoms. The monoisotopic (exact) mass is 1060 g/mol. The number of rotatable bonds is 41. The van der Waals surface area contributed by atoms with Gasteiger partial charge in [-0.2, -0.15) is 0 Å². The highest BCUT2D eigenvalue weighted by molar-refractivity contribution is 6.93. The minimum Gasteiger partial charge on any atom is -0.463 e. The molecule has 1 fully saturated rings. The molecule has 0 aromatic carbocycles. The van der Waals surface area contributed by atoms with E-state index in [4.69, 9.17) is 54.4 Å². The minimum atomic E-state index is -3.00. The first-order chi connectivity index (χ1) is 33.4. The van der Waals surface area contributed by atoms with Crippen molar-refractivity contribution in [3.05, 3.63) is 38.0 Å². The second-order valence-electron chi connectivity index (χ2n) is 17.2. The summed E-state index contributed by atoms with van der Waals surface area (Å²) in [5.74, 6) is -1.47. The first-order valence-electron chi connectivity index (χ1n) is 24.7. The van der Waals surface area contributed by atoms with E-state index in [1.165, 1.54) is 0 Å². The fourth-order valence-electron chi connectivity index (χ4n) is 7.40. The van der Waals surface area contributed by atoms with Crippen LogP contribution in [0.2, 0.25) is 50.4 Å². The van der Waals surface area contributed by atoms with Gasteiger partial charge in [0.05, 0.1) is 32.9 Å². The zero-order valence-corrected chi connectivity index (χ0v) is 46.7. The number of nitrogens with one attached hydrogen (secondary N) is 2. The van der Waals surface area contributed by atoms with Crippen molar-refractivity contribution in [2.24, 2.45) is 0 Å². The van der Waals surface area contributed by atoms with Crippen LogP contribution in [0, 0.1) is 0 Å². The van der Waals surface area contributed by atoms with E-state index in [0.717, 1.165) is 69.2 Å². The second-order valence-corrected chi connectivity index (χ2v) is 31.6. The standard InChI is InChI=1S/C46H84N2O18Si4/c1-9-26-55-27-19-38-68(6)63-67(5,37-17-15-13-14-16-22-41(49)23-18-30-58-42(50)10-2)64-69(7,39-20-28-56-33-35-61-45(53)47-24-31-59-43(51)11-3)66-70(8,65-68)40-21-29-57-34-36-62-46(54)48-25-32-60-44(52)12-4/h10-12H,2-4,9,13-40H2,1,5-8H3,(H,47,53)(H,48,54). The second kappa shape index (κ2) is 38.1. The molecule has 1 saturated heterocycles. The summed E-state index contributed by atoms with van der Waals surface area (Å²) in [5.41, 5.74) is 0. The molecule has 1 rings (SSSR count). The molecule has 4 atom stereocenters. The molecule has 24 heteroatoms. The number of hydrogen-bond acceptors (Lipinski definition) is 18. The molecule has 70 heavy (non-hydrogen) atoms. The number of ketones is 1. The highest BCUT2D eigenvalue weighted by Gasteiger charge is 2.56. The van der Waals surface area contributed by atoms with Crippen LogP contribution in [0.15, 0.2) is 38.0 Å². The van der Waals surface area contributed by atoms with E-state index < -0.39 is 64.3 Å². The molecular formula is C46H84N2O18Si4. The average Bonchev–Trinajstić information content (AvgIpc) is 3.31. The Balaban J connectivity index is 2.98. The first-order valence-corrected chi connectivity index (χ1v) is 34.8. The summed E-state index contributed by atoms with van der Waals surface area (Å²) in [7, 11) is -11.8. The van der Waals surface area contributed by atoms with Gasteiger partial charge in [-0.05, 0) is 88.9 Å². The molecule has 1 aliphatic rings. The van der Waals surface area contributed by atoms with Crippen LogP contribution in [-0.4, -0.2) is 156 Å². The predicted octanol–water partition coefficient (Wildman–Crippen LogP) is 7.31. The third kappa shape index (κ3) is 33.1. The van der Waals surface area contributed by atoms with Crippen molar-refractivity contribution < 1.29 is 83.1 Å². The molecular weight excluding hydrogens is 981 g/mol. The van der Waals surface area contributed by atoms with Gasteiger partial charge in [-0.1, -0.05) is 52.3 Å². The fraction of sp³-hybridized carbons (Fsp3) is 0.739. The van der Waals surface area contributed by atoms with E-state index in [9.17, 15) is 28.8 Å². The normalized spacial score (nSPS) is 21.0. The Morgan fingerprint density at radius 2 is 0.771 bits per heavy atom. The Kier molecular flexibility index (Phi) is 35.1. The van der Waals surface area contributed by atoms with Gasteiger partial charge >= 0.3 is 64.3 Å². The number of carbonyl (C=O) groups is 6. The maximum atomic E-state index is 12.4. The van der Waals surface area contributed by atoms with Gasteiger partial charge in [-0.25, -0.2) is 24.0 Å². The summed E-state index contributed by atoms with van der Waals surface area (Å²) in [4.78, 5) is 70.0. The lowest BCUT2D eigenvalue weighted by molar-refractivity contribution is -0.138. The van der Waals surface area contributed by atoms with E-state index in [1.54, 1.807) is 0 Å². The largest absolute Gasteiger partial charge is 0.463 e. The van der Waals surface area contributed by atoms with Crippen LogP contribution in [-0.2, 0) is 73.5 Å². The molecule has 2 amide bonds. The molecule has 0 aromatic rings. The van der Waals surface area contributed by atoms with Gasteiger partial charge in [0, 0.05) is 57.5 Å². The quantitative estimate of drug-likeness (QED) is 0.0201. The molecule has 20 nitrogen and oxygen atoms in total. The number of hydrogen-bond donors (Lipinski definition) is 2. The van der Waals surface area contributed by atoms with Crippen molar-refractivity contribution in [2.45, 2.75) is 134 Å². The van der Waals surface area contributed by atoms with E-state index in [1.807, 2.05) is 0 Å². The smallest absolute Gasteiger partial charge is 0.407 e. The molecule has 402 valence electrons. The van der Waals surface area contributed by atoms with Crippen molar-refractivity contribution in [3.8, 4) is 0 Å². The lowest BCUT2D eigenvalue weighted by Gasteiger charge is -2.50. The van der Waals surface area contributed by atoms with E-state index in [-0.39, 0.29) is 65.1 Å². The van der Waals surface area contributed by atoms with E-state index in [2.05, 4.69) is 63.5 Å². The van der Waals surface area contributed by atoms with Crippen molar-refractivity contribution in [3.63, 3.8) is 0 Å². The molecule has 0 spiro atoms. The third-order valence-corrected chi connectivity index (χ3v) is 29.3. The van der Waals surface area contributed by atoms with E-state index >= 15 is 0 Å². The van der Waals surface area contributed by atoms with Crippen LogP contribution >= 0.6 is 0 Å². The molecule has 0 saturated carbocycles. The van der Waals surface area contributed by atoms with Crippen LogP contribution in [0.5, 0.6) is 0 Å². The van der Waals surface area contributed by atoms with Crippen LogP contribution in [0.4, 0.5) is 9.59 Å². The maximum Gasteiger partial charge on any atom is 0.407 e. The van der Waals surface area contributed by atoms with Gasteiger partial charge in [0.25, 0.3) is 0 Å². The molecule has 1 heterocycles. The number of Topliss-reactive ketones (excluding diaryl/α,β-unsaturated/α-hetero) is 1. The Hall–Kier alpha value is -3.57. The van der Waals surface area contributed by atoms with Crippen LogP contribution in [0.25, 0.3) is 0 Å². The number of amides is 2. The minimum absolute atomic E-state index is 0.00325. The van der Waals surface area contributed by atoms with Gasteiger partial charge in [0.1, 0.15) is 32.2 Å². The van der Waals surface area contributed by atoms with Crippen molar-refractivity contribution in [1.29, 1.82) is 0 Å². The number of carbonyl (C=O) groups excluding carboxylic acids is 6. The lowest BCUT2D eigenvalue weighted by atomic mass is 10.1. The Morgan fingerprint density at radius 3 is 1.19 bits per heavy atom. The van der Waals surface area contributed by atoms with Crippen molar-refractivity contribution in [1.82, 2.24) is 10.6 Å². The molecule has 2 N–H and O–H groups in total. The Morgan fingerprint density at radius 1 is 0.414 bits per heavy atom. The van der Waals surface area contributed by atoms with Gasteiger partial charge in [0.2, 0.25) is 0 Å². The highest BCUT2D eigenvalue weighted by Crippen LogP contribution is 2.39. The third-order valence-electron chi connectivity index (χ3n) is 10.4. The van der Waals surface area contributed by atoms with Crippen LogP contribution in [0.1, 0.15) is 84.0 Å². The Labute approximate surface area is 420 Å². The predicted molar refractivity (Wildman–Crippen MR) is 271 cm³/mol. The molecule has 0 aromatic heterocycles. The molecule has 0 radical (unpaired) electrons. The van der Waals surface area contributed by atoms with Crippen molar-refractivity contribution >= 4 is 70.1 Å². The topological polar surface area (TPSA) is 237 Å². The molecule has 0 aliphatic carbocycles. The summed E-state index contributed by atoms with van der Waals surface area (Å²) in [5, 5.41) is 5.01. The van der Waals surface area contributed by atoms with Gasteiger partial charge in [-0.15, -0.1) is 0 Å². The van der Waals surface area contributed by atoms with Gasteiger partial charge in [-0.3, -0.25) is 4.79 Å². The molecule has 4 unspecified atom stereocenters. The number of alkyl carbamates (subject to hydrolysis) is 2. The average molecular weight is 1070 g/mol. The fourth-order valence-corrected chi connectivity index (χ4v) is 30.7. The first kappa shape index (κ1) is 64.4. The zero-order valence-electron chi connectivity index (χ0n) is 42.7. The van der Waals surface area contributed by atoms with Gasteiger partial charge in [0.15, 0.2) is 0 Å². The summed E-state index contributed by atoms with van der Waals surface area (Å²) in [6.45, 7) is 23.4. The number of ether oxygens (including phenoxy) is 8. The van der Waals surface area contributed by atoms with Gasteiger partial charge < -0.3 is 65.0 Å². The maximum absolute atomic E-state index is 12.4. The highest BCUT2D eigenvalue weighted by atomic mass is 28.5. The SMILES string of the molecule is C=CC(=O)OCCCC(=O)CCCCCCC[Si]1(C)O[Si](C)(CCCOCCC)O[Si](C)(CCCOCCOC(=O)NCCOC(=O)C=C)O[Si](C)(CCCOCCOC(=O)NCCOC(=O)C=C)O1.